The highest BCUT2D eigenvalue weighted by Gasteiger charge is 2.13. The Morgan fingerprint density at radius 3 is 2.73 bits per heavy atom. The number of thiazole rings is 1. The van der Waals surface area contributed by atoms with Gasteiger partial charge >= 0.3 is 6.03 Å². The molecule has 0 saturated carbocycles. The Morgan fingerprint density at radius 2 is 1.95 bits per heavy atom. The Bertz CT molecular complexity index is 785. The molecule has 3 rings (SSSR count). The lowest BCUT2D eigenvalue weighted by atomic mass is 10.3. The normalized spacial score (nSPS) is 10.6. The molecule has 4 nitrogen and oxygen atoms in total. The molecule has 2 aromatic carbocycles. The van der Waals surface area contributed by atoms with Gasteiger partial charge in [-0.1, -0.05) is 35.9 Å². The molecule has 0 spiro atoms. The Hall–Kier alpha value is -2.11. The lowest BCUT2D eigenvalue weighted by Crippen LogP contribution is -2.30. The van der Waals surface area contributed by atoms with E-state index in [-0.39, 0.29) is 6.03 Å². The fraction of sp³-hybridized carbons (Fsp3) is 0.125. The summed E-state index contributed by atoms with van der Waals surface area (Å²) >= 11 is 7.64. The number of nitrogens with zero attached hydrogens (tertiary/aromatic N) is 2. The number of carbonyl (C=O) groups excluding carboxylic acids is 1. The van der Waals surface area contributed by atoms with Crippen LogP contribution < -0.4 is 5.32 Å². The maximum Gasteiger partial charge on any atom is 0.322 e. The molecule has 22 heavy (non-hydrogen) atoms. The van der Waals surface area contributed by atoms with E-state index in [4.69, 9.17) is 11.6 Å². The molecule has 0 aliphatic carbocycles. The van der Waals surface area contributed by atoms with Crippen molar-refractivity contribution in [2.24, 2.45) is 0 Å². The first-order chi connectivity index (χ1) is 10.6. The van der Waals surface area contributed by atoms with Crippen molar-refractivity contribution >= 4 is 44.9 Å². The zero-order chi connectivity index (χ0) is 15.5. The second kappa shape index (κ2) is 6.34. The van der Waals surface area contributed by atoms with E-state index in [2.05, 4.69) is 10.3 Å². The van der Waals surface area contributed by atoms with Crippen molar-refractivity contribution in [3.63, 3.8) is 0 Å². The summed E-state index contributed by atoms with van der Waals surface area (Å²) in [5, 5.41) is 4.21. The summed E-state index contributed by atoms with van der Waals surface area (Å²) in [6, 6.07) is 14.9. The molecule has 2 amide bonds. The van der Waals surface area contributed by atoms with Crippen LogP contribution in [0.2, 0.25) is 5.02 Å². The van der Waals surface area contributed by atoms with Crippen LogP contribution in [0.4, 0.5) is 10.5 Å². The fourth-order valence-electron chi connectivity index (χ4n) is 2.04. The number of fused-ring (bicyclic) bond motifs is 1. The van der Waals surface area contributed by atoms with Crippen LogP contribution >= 0.6 is 22.9 Å². The highest BCUT2D eigenvalue weighted by atomic mass is 35.5. The first-order valence-corrected chi connectivity index (χ1v) is 7.94. The number of hydrogen-bond acceptors (Lipinski definition) is 3. The summed E-state index contributed by atoms with van der Waals surface area (Å²) in [5.74, 6) is 0. The van der Waals surface area contributed by atoms with Gasteiger partial charge in [0.1, 0.15) is 5.01 Å². The molecule has 3 aromatic rings. The Kier molecular flexibility index (Phi) is 4.27. The quantitative estimate of drug-likeness (QED) is 0.761. The number of para-hydroxylation sites is 2. The number of nitrogens with one attached hydrogen (secondary N) is 1. The van der Waals surface area contributed by atoms with Gasteiger partial charge in [-0.25, -0.2) is 9.78 Å². The van der Waals surface area contributed by atoms with Crippen LogP contribution in [-0.4, -0.2) is 23.0 Å². The minimum Gasteiger partial charge on any atom is -0.321 e. The number of anilines is 1. The number of hydrogen-bond donors (Lipinski definition) is 1. The first-order valence-electron chi connectivity index (χ1n) is 6.74. The van der Waals surface area contributed by atoms with Crippen LogP contribution in [0.25, 0.3) is 10.2 Å². The van der Waals surface area contributed by atoms with Crippen molar-refractivity contribution in [1.29, 1.82) is 0 Å². The van der Waals surface area contributed by atoms with Crippen LogP contribution in [0.5, 0.6) is 0 Å². The van der Waals surface area contributed by atoms with E-state index < -0.39 is 0 Å². The minimum atomic E-state index is -0.215. The summed E-state index contributed by atoms with van der Waals surface area (Å²) in [6.07, 6.45) is 0. The predicted octanol–water partition coefficient (Wildman–Crippen LogP) is 4.61. The number of carbonyl (C=O) groups is 1. The highest BCUT2D eigenvalue weighted by Crippen LogP contribution is 2.23. The van der Waals surface area contributed by atoms with E-state index in [1.165, 1.54) is 0 Å². The largest absolute Gasteiger partial charge is 0.322 e. The molecular weight excluding hydrogens is 318 g/mol. The van der Waals surface area contributed by atoms with Crippen LogP contribution in [0.15, 0.2) is 48.5 Å². The molecule has 6 heteroatoms. The van der Waals surface area contributed by atoms with Crippen molar-refractivity contribution in [2.75, 3.05) is 12.4 Å². The molecule has 112 valence electrons. The smallest absolute Gasteiger partial charge is 0.321 e. The van der Waals surface area contributed by atoms with Crippen LogP contribution in [0.3, 0.4) is 0 Å². The van der Waals surface area contributed by atoms with E-state index in [9.17, 15) is 4.79 Å². The second-order valence-corrected chi connectivity index (χ2v) is 6.36. The van der Waals surface area contributed by atoms with E-state index in [0.717, 1.165) is 15.2 Å². The Balaban J connectivity index is 1.69. The molecule has 0 radical (unpaired) electrons. The van der Waals surface area contributed by atoms with E-state index >= 15 is 0 Å². The number of rotatable bonds is 3. The molecule has 0 fully saturated rings. The highest BCUT2D eigenvalue weighted by molar-refractivity contribution is 7.18. The third-order valence-corrected chi connectivity index (χ3v) is 4.52. The van der Waals surface area contributed by atoms with Crippen molar-refractivity contribution < 1.29 is 4.79 Å². The van der Waals surface area contributed by atoms with Gasteiger partial charge in [-0.05, 0) is 24.3 Å². The maximum atomic E-state index is 12.2. The van der Waals surface area contributed by atoms with Gasteiger partial charge in [-0.2, -0.15) is 0 Å². The fourth-order valence-corrected chi connectivity index (χ4v) is 3.24. The molecular formula is C16H14ClN3OS. The van der Waals surface area contributed by atoms with Crippen molar-refractivity contribution in [1.82, 2.24) is 9.88 Å². The zero-order valence-electron chi connectivity index (χ0n) is 11.9. The van der Waals surface area contributed by atoms with Crippen LogP contribution in [0, 0.1) is 0 Å². The summed E-state index contributed by atoms with van der Waals surface area (Å²) in [4.78, 5) is 18.3. The van der Waals surface area contributed by atoms with Gasteiger partial charge in [0, 0.05) is 7.05 Å². The lowest BCUT2D eigenvalue weighted by molar-refractivity contribution is 0.220. The molecule has 0 aliphatic rings. The molecule has 1 N–H and O–H groups in total. The second-order valence-electron chi connectivity index (χ2n) is 4.84. The van der Waals surface area contributed by atoms with Gasteiger partial charge < -0.3 is 10.2 Å². The van der Waals surface area contributed by atoms with Crippen LogP contribution in [-0.2, 0) is 6.54 Å². The number of amides is 2. The van der Waals surface area contributed by atoms with E-state index in [0.29, 0.717) is 17.3 Å². The molecule has 1 aromatic heterocycles. The molecule has 1 heterocycles. The number of benzene rings is 2. The number of urea groups is 1. The minimum absolute atomic E-state index is 0.215. The number of halogens is 1. The zero-order valence-corrected chi connectivity index (χ0v) is 13.5. The molecule has 0 unspecified atom stereocenters. The van der Waals surface area contributed by atoms with E-state index in [1.54, 1.807) is 35.4 Å². The van der Waals surface area contributed by atoms with Gasteiger partial charge in [0.15, 0.2) is 0 Å². The summed E-state index contributed by atoms with van der Waals surface area (Å²) < 4.78 is 1.12. The van der Waals surface area contributed by atoms with Crippen LogP contribution in [0.1, 0.15) is 5.01 Å². The van der Waals surface area contributed by atoms with Gasteiger partial charge in [-0.3, -0.25) is 0 Å². The molecule has 0 saturated heterocycles. The van der Waals surface area contributed by atoms with Gasteiger partial charge in [0.05, 0.1) is 27.5 Å². The average Bonchev–Trinajstić information content (AvgIpc) is 2.91. The van der Waals surface area contributed by atoms with Gasteiger partial charge in [-0.15, -0.1) is 11.3 Å². The molecule has 0 atom stereocenters. The first kappa shape index (κ1) is 14.8. The average molecular weight is 332 g/mol. The maximum absolute atomic E-state index is 12.2. The predicted molar refractivity (Wildman–Crippen MR) is 91.6 cm³/mol. The van der Waals surface area contributed by atoms with Gasteiger partial charge in [0.2, 0.25) is 0 Å². The molecule has 0 aliphatic heterocycles. The Labute approximate surface area is 137 Å². The monoisotopic (exact) mass is 331 g/mol. The third kappa shape index (κ3) is 3.21. The van der Waals surface area contributed by atoms with Crippen molar-refractivity contribution in [2.45, 2.75) is 6.54 Å². The summed E-state index contributed by atoms with van der Waals surface area (Å²) in [7, 11) is 1.73. The summed E-state index contributed by atoms with van der Waals surface area (Å²) in [5.41, 5.74) is 1.56. The van der Waals surface area contributed by atoms with E-state index in [1.807, 2.05) is 36.4 Å². The third-order valence-electron chi connectivity index (χ3n) is 3.17. The molecule has 0 bridgehead atoms. The Morgan fingerprint density at radius 1 is 1.23 bits per heavy atom. The topological polar surface area (TPSA) is 45.2 Å². The van der Waals surface area contributed by atoms with Crippen molar-refractivity contribution in [3.05, 3.63) is 58.6 Å². The SMILES string of the molecule is CN(Cc1nc2ccccc2s1)C(=O)Nc1ccccc1Cl. The van der Waals surface area contributed by atoms with Gasteiger partial charge in [0.25, 0.3) is 0 Å². The summed E-state index contributed by atoms with van der Waals surface area (Å²) in [6.45, 7) is 0.454. The van der Waals surface area contributed by atoms with Crippen molar-refractivity contribution in [3.8, 4) is 0 Å². The lowest BCUT2D eigenvalue weighted by Gasteiger charge is -2.17. The number of aromatic nitrogens is 1. The standard InChI is InChI=1S/C16H14ClN3OS/c1-20(16(21)19-12-7-3-2-6-11(12)17)10-15-18-13-8-4-5-9-14(13)22-15/h2-9H,10H2,1H3,(H,19,21).